The standard InChI is InChI=1S/C16H18FN3O6S/c1-10-16(11(2)26-20-10)27(23,24)19-8-15(22)25-9-14(21)18-7-12-5-3-4-6-13(12)17/h3-6,19H,7-9H2,1-2H3,(H,18,21). The number of amides is 1. The summed E-state index contributed by atoms with van der Waals surface area (Å²) in [7, 11) is -4.01. The van der Waals surface area contributed by atoms with Crippen molar-refractivity contribution >= 4 is 21.9 Å². The van der Waals surface area contributed by atoms with Gasteiger partial charge in [-0.2, -0.15) is 4.72 Å². The second-order valence-electron chi connectivity index (χ2n) is 5.51. The van der Waals surface area contributed by atoms with Crippen molar-refractivity contribution in [3.63, 3.8) is 0 Å². The molecule has 1 aromatic carbocycles. The lowest BCUT2D eigenvalue weighted by molar-refractivity contribution is -0.147. The maximum atomic E-state index is 13.4. The largest absolute Gasteiger partial charge is 0.455 e. The molecule has 1 amide bonds. The summed E-state index contributed by atoms with van der Waals surface area (Å²) in [6.45, 7) is 1.51. The Balaban J connectivity index is 1.77. The van der Waals surface area contributed by atoms with Gasteiger partial charge in [0.05, 0.1) is 0 Å². The minimum Gasteiger partial charge on any atom is -0.455 e. The summed E-state index contributed by atoms with van der Waals surface area (Å²) >= 11 is 0. The molecule has 2 aromatic rings. The zero-order valence-electron chi connectivity index (χ0n) is 14.6. The van der Waals surface area contributed by atoms with Gasteiger partial charge in [-0.05, 0) is 19.9 Å². The minimum absolute atomic E-state index is 0.0677. The van der Waals surface area contributed by atoms with Crippen LogP contribution in [0.1, 0.15) is 17.0 Å². The quantitative estimate of drug-likeness (QED) is 0.621. The van der Waals surface area contributed by atoms with Crippen molar-refractivity contribution in [3.8, 4) is 0 Å². The predicted molar refractivity (Wildman–Crippen MR) is 90.4 cm³/mol. The molecule has 2 N–H and O–H groups in total. The van der Waals surface area contributed by atoms with Crippen LogP contribution in [0.5, 0.6) is 0 Å². The predicted octanol–water partition coefficient (Wildman–Crippen LogP) is 0.568. The van der Waals surface area contributed by atoms with Crippen LogP contribution in [0.2, 0.25) is 0 Å². The molecule has 9 nitrogen and oxygen atoms in total. The molecule has 2 rings (SSSR count). The third-order valence-corrected chi connectivity index (χ3v) is 5.09. The fourth-order valence-corrected chi connectivity index (χ4v) is 3.46. The highest BCUT2D eigenvalue weighted by Gasteiger charge is 2.25. The summed E-state index contributed by atoms with van der Waals surface area (Å²) in [6, 6.07) is 5.90. The summed E-state index contributed by atoms with van der Waals surface area (Å²) in [6.07, 6.45) is 0. The maximum absolute atomic E-state index is 13.4. The number of halogens is 1. The van der Waals surface area contributed by atoms with Gasteiger partial charge in [-0.15, -0.1) is 0 Å². The SMILES string of the molecule is Cc1noc(C)c1S(=O)(=O)NCC(=O)OCC(=O)NCc1ccccc1F. The molecular weight excluding hydrogens is 381 g/mol. The van der Waals surface area contributed by atoms with Crippen LogP contribution in [0.4, 0.5) is 4.39 Å². The summed E-state index contributed by atoms with van der Waals surface area (Å²) < 4.78 is 49.2. The van der Waals surface area contributed by atoms with E-state index in [1.807, 2.05) is 4.72 Å². The third-order valence-electron chi connectivity index (χ3n) is 3.44. The van der Waals surface area contributed by atoms with Crippen LogP contribution in [0.3, 0.4) is 0 Å². The number of hydrogen-bond donors (Lipinski definition) is 2. The normalized spacial score (nSPS) is 11.2. The van der Waals surface area contributed by atoms with Gasteiger partial charge in [0, 0.05) is 12.1 Å². The molecule has 27 heavy (non-hydrogen) atoms. The van der Waals surface area contributed by atoms with Gasteiger partial charge in [-0.1, -0.05) is 23.4 Å². The molecule has 0 unspecified atom stereocenters. The number of nitrogens with zero attached hydrogens (tertiary/aromatic N) is 1. The molecule has 0 radical (unpaired) electrons. The first kappa shape index (κ1) is 20.5. The zero-order chi connectivity index (χ0) is 20.0. The molecule has 0 bridgehead atoms. The van der Waals surface area contributed by atoms with Crippen LogP contribution in [-0.2, 0) is 30.9 Å². The lowest BCUT2D eigenvalue weighted by Crippen LogP contribution is -2.34. The van der Waals surface area contributed by atoms with Crippen molar-refractivity contribution in [2.75, 3.05) is 13.2 Å². The molecule has 0 aliphatic rings. The number of benzene rings is 1. The Morgan fingerprint density at radius 1 is 1.26 bits per heavy atom. The molecular formula is C16H18FN3O6S. The molecule has 0 atom stereocenters. The van der Waals surface area contributed by atoms with E-state index in [9.17, 15) is 22.4 Å². The smallest absolute Gasteiger partial charge is 0.321 e. The Morgan fingerprint density at radius 2 is 1.96 bits per heavy atom. The van der Waals surface area contributed by atoms with Crippen molar-refractivity contribution < 1.29 is 31.7 Å². The molecule has 1 heterocycles. The highest BCUT2D eigenvalue weighted by molar-refractivity contribution is 7.89. The lowest BCUT2D eigenvalue weighted by atomic mass is 10.2. The van der Waals surface area contributed by atoms with Crippen molar-refractivity contribution in [2.24, 2.45) is 0 Å². The number of carbonyl (C=O) groups excluding carboxylic acids is 2. The molecule has 0 aliphatic carbocycles. The van der Waals surface area contributed by atoms with Crippen LogP contribution in [-0.4, -0.2) is 38.6 Å². The number of sulfonamides is 1. The van der Waals surface area contributed by atoms with Gasteiger partial charge < -0.3 is 14.6 Å². The van der Waals surface area contributed by atoms with Crippen LogP contribution >= 0.6 is 0 Å². The van der Waals surface area contributed by atoms with Gasteiger partial charge in [0.25, 0.3) is 5.91 Å². The third kappa shape index (κ3) is 5.59. The second kappa shape index (κ2) is 8.73. The Hall–Kier alpha value is -2.79. The van der Waals surface area contributed by atoms with Gasteiger partial charge in [0.2, 0.25) is 10.0 Å². The summed E-state index contributed by atoms with van der Waals surface area (Å²) in [5.74, 6) is -1.99. The fraction of sp³-hybridized carbons (Fsp3) is 0.312. The number of ether oxygens (including phenoxy) is 1. The van der Waals surface area contributed by atoms with Gasteiger partial charge in [-0.25, -0.2) is 12.8 Å². The van der Waals surface area contributed by atoms with Crippen molar-refractivity contribution in [3.05, 3.63) is 47.1 Å². The van der Waals surface area contributed by atoms with E-state index in [1.165, 1.54) is 32.0 Å². The monoisotopic (exact) mass is 399 g/mol. The topological polar surface area (TPSA) is 128 Å². The minimum atomic E-state index is -4.01. The first-order valence-electron chi connectivity index (χ1n) is 7.79. The van der Waals surface area contributed by atoms with E-state index < -0.39 is 40.9 Å². The van der Waals surface area contributed by atoms with Crippen LogP contribution in [0, 0.1) is 19.7 Å². The number of esters is 1. The number of carbonyl (C=O) groups is 2. The first-order valence-corrected chi connectivity index (χ1v) is 9.27. The average molecular weight is 399 g/mol. The van der Waals surface area contributed by atoms with E-state index in [2.05, 4.69) is 15.2 Å². The lowest BCUT2D eigenvalue weighted by Gasteiger charge is -2.08. The van der Waals surface area contributed by atoms with Gasteiger partial charge in [0.1, 0.15) is 23.0 Å². The zero-order valence-corrected chi connectivity index (χ0v) is 15.4. The summed E-state index contributed by atoms with van der Waals surface area (Å²) in [5, 5.41) is 5.92. The van der Waals surface area contributed by atoms with E-state index in [-0.39, 0.29) is 28.5 Å². The van der Waals surface area contributed by atoms with Crippen LogP contribution in [0.15, 0.2) is 33.7 Å². The highest BCUT2D eigenvalue weighted by Crippen LogP contribution is 2.18. The van der Waals surface area contributed by atoms with Crippen molar-refractivity contribution in [1.82, 2.24) is 15.2 Å². The summed E-state index contributed by atoms with van der Waals surface area (Å²) in [5.41, 5.74) is 0.435. The molecule has 146 valence electrons. The van der Waals surface area contributed by atoms with Gasteiger partial charge in [0.15, 0.2) is 12.4 Å². The highest BCUT2D eigenvalue weighted by atomic mass is 32.2. The number of aromatic nitrogens is 1. The Bertz CT molecular complexity index is 922. The average Bonchev–Trinajstić information content (AvgIpc) is 2.96. The molecule has 0 saturated carbocycles. The number of nitrogens with one attached hydrogen (secondary N) is 2. The molecule has 11 heteroatoms. The van der Waals surface area contributed by atoms with Crippen LogP contribution in [0.25, 0.3) is 0 Å². The Kier molecular flexibility index (Phi) is 6.64. The Morgan fingerprint density at radius 3 is 2.59 bits per heavy atom. The van der Waals surface area contributed by atoms with E-state index in [0.29, 0.717) is 0 Å². The van der Waals surface area contributed by atoms with Crippen molar-refractivity contribution in [1.29, 1.82) is 0 Å². The maximum Gasteiger partial charge on any atom is 0.321 e. The van der Waals surface area contributed by atoms with Gasteiger partial charge in [-0.3, -0.25) is 9.59 Å². The molecule has 1 aromatic heterocycles. The number of aryl methyl sites for hydroxylation is 2. The molecule has 0 saturated heterocycles. The van der Waals surface area contributed by atoms with E-state index in [4.69, 9.17) is 4.52 Å². The van der Waals surface area contributed by atoms with Crippen LogP contribution < -0.4 is 10.0 Å². The van der Waals surface area contributed by atoms with E-state index >= 15 is 0 Å². The molecule has 0 spiro atoms. The van der Waals surface area contributed by atoms with Crippen molar-refractivity contribution in [2.45, 2.75) is 25.3 Å². The fourth-order valence-electron chi connectivity index (χ4n) is 2.17. The van der Waals surface area contributed by atoms with E-state index in [0.717, 1.165) is 0 Å². The summed E-state index contributed by atoms with van der Waals surface area (Å²) in [4.78, 5) is 23.1. The first-order chi connectivity index (χ1) is 12.7. The Labute approximate surface area is 154 Å². The number of hydrogen-bond acceptors (Lipinski definition) is 7. The number of rotatable bonds is 8. The van der Waals surface area contributed by atoms with E-state index in [1.54, 1.807) is 6.07 Å². The van der Waals surface area contributed by atoms with Gasteiger partial charge >= 0.3 is 5.97 Å². The molecule has 0 aliphatic heterocycles. The molecule has 0 fully saturated rings. The second-order valence-corrected chi connectivity index (χ2v) is 7.21.